The van der Waals surface area contributed by atoms with Crippen molar-refractivity contribution in [3.8, 4) is 22.3 Å². The van der Waals surface area contributed by atoms with E-state index in [0.717, 1.165) is 24.9 Å². The fraction of sp³-hybridized carbons (Fsp3) is 0.143. The fourth-order valence-corrected chi connectivity index (χ4v) is 18.9. The van der Waals surface area contributed by atoms with Gasteiger partial charge in [0.2, 0.25) is 0 Å². The summed E-state index contributed by atoms with van der Waals surface area (Å²) >= 11 is -2.36. The molecule has 0 aliphatic heterocycles. The number of halogens is 2. The fourth-order valence-electron chi connectivity index (χ4n) is 5.59. The summed E-state index contributed by atoms with van der Waals surface area (Å²) in [6, 6.07) is 33.6. The molecule has 0 radical (unpaired) electrons. The van der Waals surface area contributed by atoms with Crippen molar-refractivity contribution in [2.75, 3.05) is 0 Å². The first-order valence-electron chi connectivity index (χ1n) is 11.2. The molecule has 0 amide bonds. The van der Waals surface area contributed by atoms with Gasteiger partial charge in [0.15, 0.2) is 0 Å². The predicted molar refractivity (Wildman–Crippen MR) is 136 cm³/mol. The third kappa shape index (κ3) is 3.70. The van der Waals surface area contributed by atoms with Crippen molar-refractivity contribution in [3.63, 3.8) is 0 Å². The summed E-state index contributed by atoms with van der Waals surface area (Å²) in [5.41, 5.74) is 14.5. The second-order valence-corrected chi connectivity index (χ2v) is 32.3. The molecule has 0 bridgehead atoms. The first kappa shape index (κ1) is 21.1. The zero-order valence-electron chi connectivity index (χ0n) is 17.7. The van der Waals surface area contributed by atoms with Crippen LogP contribution in [-0.4, -0.2) is 5.92 Å². The Hall–Kier alpha value is -1.44. The molecular formula is C28H23Cl2SiZr. The van der Waals surface area contributed by atoms with Gasteiger partial charge in [-0.25, -0.2) is 0 Å². The Kier molecular flexibility index (Phi) is 5.76. The van der Waals surface area contributed by atoms with E-state index in [4.69, 9.17) is 17.0 Å². The van der Waals surface area contributed by atoms with Crippen LogP contribution in [0.4, 0.5) is 0 Å². The van der Waals surface area contributed by atoms with Gasteiger partial charge in [-0.05, 0) is 0 Å². The monoisotopic (exact) mass is 547 g/mol. The summed E-state index contributed by atoms with van der Waals surface area (Å²) in [5.74, 6) is -1.30. The van der Waals surface area contributed by atoms with Gasteiger partial charge in [-0.2, -0.15) is 0 Å². The van der Waals surface area contributed by atoms with Gasteiger partial charge in [0.25, 0.3) is 0 Å². The van der Waals surface area contributed by atoms with E-state index in [2.05, 4.69) is 84.9 Å². The van der Waals surface area contributed by atoms with Gasteiger partial charge >= 0.3 is 207 Å². The van der Waals surface area contributed by atoms with Crippen LogP contribution in [0.15, 0.2) is 84.9 Å². The summed E-state index contributed by atoms with van der Waals surface area (Å²) in [4.78, 5) is 0. The Morgan fingerprint density at radius 2 is 1.00 bits per heavy atom. The molecule has 0 aromatic heterocycles. The van der Waals surface area contributed by atoms with Crippen LogP contribution in [0.5, 0.6) is 0 Å². The van der Waals surface area contributed by atoms with Crippen molar-refractivity contribution in [3.05, 3.63) is 118 Å². The van der Waals surface area contributed by atoms with E-state index in [-0.39, 0.29) is 0 Å². The molecule has 2 aliphatic rings. The van der Waals surface area contributed by atoms with Crippen molar-refractivity contribution in [1.29, 1.82) is 0 Å². The number of rotatable bonds is 5. The van der Waals surface area contributed by atoms with E-state index in [1.807, 2.05) is 0 Å². The quantitative estimate of drug-likeness (QED) is 0.197. The number of hydrogen-bond acceptors (Lipinski definition) is 0. The first-order valence-corrected chi connectivity index (χ1v) is 24.0. The van der Waals surface area contributed by atoms with Crippen LogP contribution in [0.1, 0.15) is 33.4 Å². The number of benzene rings is 4. The third-order valence-corrected chi connectivity index (χ3v) is 28.1. The number of fused-ring (bicyclic) bond motifs is 6. The molecule has 0 saturated carbocycles. The summed E-state index contributed by atoms with van der Waals surface area (Å²) in [7, 11) is 13.7. The zero-order valence-corrected chi connectivity index (χ0v) is 22.9. The molecule has 2 aliphatic carbocycles. The number of hydrogen-bond donors (Lipinski definition) is 0. The van der Waals surface area contributed by atoms with Crippen molar-refractivity contribution in [2.24, 2.45) is 0 Å². The minimum atomic E-state index is -2.36. The Balaban J connectivity index is 1.31. The van der Waals surface area contributed by atoms with Gasteiger partial charge in [-0.3, -0.25) is 0 Å². The summed E-state index contributed by atoms with van der Waals surface area (Å²) in [6.07, 6.45) is 2.09. The van der Waals surface area contributed by atoms with Gasteiger partial charge < -0.3 is 0 Å². The maximum atomic E-state index is 6.85. The predicted octanol–water partition coefficient (Wildman–Crippen LogP) is 7.34. The SMILES string of the molecule is [Cl][Zr]([Cl])[SiH](Cc1cccc2c1Cc1ccccc1-2)Cc1cccc2c1Cc1ccccc1-2. The second-order valence-electron chi connectivity index (χ2n) is 8.95. The minimum absolute atomic E-state index is 1.04. The van der Waals surface area contributed by atoms with Crippen LogP contribution in [0.3, 0.4) is 0 Å². The average molecular weight is 550 g/mol. The molecule has 0 heterocycles. The molecule has 6 rings (SSSR count). The molecule has 0 saturated heterocycles. The van der Waals surface area contributed by atoms with Crippen molar-refractivity contribution < 1.29 is 18.5 Å². The molecule has 4 heteroatoms. The van der Waals surface area contributed by atoms with E-state index in [1.165, 1.54) is 55.6 Å². The van der Waals surface area contributed by atoms with Crippen molar-refractivity contribution in [1.82, 2.24) is 0 Å². The van der Waals surface area contributed by atoms with Gasteiger partial charge in [0.05, 0.1) is 0 Å². The summed E-state index contributed by atoms with van der Waals surface area (Å²) in [5, 5.41) is 0. The standard InChI is InChI=1S/C28H23Si.2ClH.Zr/c1-3-11-23-19(7-1)15-27-21(9-5-13-25(23)27)17-29-18-22-10-6-14-26-24-12-4-2-8-20(24)16-28(22)26;;;/h1-14,29H,15-18H2;2*1H;/q;;;+2/p-2. The summed E-state index contributed by atoms with van der Waals surface area (Å²) < 4.78 is 0. The molecule has 4 aromatic rings. The maximum absolute atomic E-state index is 6.85. The summed E-state index contributed by atoms with van der Waals surface area (Å²) in [6.45, 7) is 0. The van der Waals surface area contributed by atoms with Crippen LogP contribution in [0, 0.1) is 0 Å². The molecular weight excluding hydrogens is 527 g/mol. The zero-order chi connectivity index (χ0) is 21.7. The Labute approximate surface area is 205 Å². The van der Waals surface area contributed by atoms with Gasteiger partial charge in [-0.15, -0.1) is 0 Å². The third-order valence-electron chi connectivity index (χ3n) is 7.14. The van der Waals surface area contributed by atoms with Gasteiger partial charge in [-0.1, -0.05) is 0 Å². The van der Waals surface area contributed by atoms with E-state index >= 15 is 0 Å². The van der Waals surface area contributed by atoms with Crippen LogP contribution >= 0.6 is 17.0 Å². The molecule has 32 heavy (non-hydrogen) atoms. The Morgan fingerprint density at radius 3 is 1.47 bits per heavy atom. The average Bonchev–Trinajstić information content (AvgIpc) is 3.38. The van der Waals surface area contributed by atoms with E-state index < -0.39 is 24.4 Å². The van der Waals surface area contributed by atoms with Crippen LogP contribution in [0.2, 0.25) is 0 Å². The van der Waals surface area contributed by atoms with Gasteiger partial charge in [0.1, 0.15) is 0 Å². The molecule has 157 valence electrons. The molecule has 0 N–H and O–H groups in total. The molecule has 4 aromatic carbocycles. The van der Waals surface area contributed by atoms with Crippen LogP contribution < -0.4 is 0 Å². The molecule has 0 nitrogen and oxygen atoms in total. The molecule has 0 atom stereocenters. The first-order chi connectivity index (χ1) is 15.7. The topological polar surface area (TPSA) is 0 Å². The van der Waals surface area contributed by atoms with Crippen LogP contribution in [-0.2, 0) is 43.5 Å². The van der Waals surface area contributed by atoms with Crippen molar-refractivity contribution >= 4 is 22.9 Å². The van der Waals surface area contributed by atoms with Crippen molar-refractivity contribution in [2.45, 2.75) is 24.9 Å². The molecule has 0 spiro atoms. The normalized spacial score (nSPS) is 13.0. The Bertz CT molecular complexity index is 1230. The molecule has 0 fully saturated rings. The second kappa shape index (κ2) is 8.73. The van der Waals surface area contributed by atoms with E-state index in [9.17, 15) is 0 Å². The Morgan fingerprint density at radius 1 is 0.562 bits per heavy atom. The van der Waals surface area contributed by atoms with E-state index in [1.54, 1.807) is 0 Å². The van der Waals surface area contributed by atoms with E-state index in [0.29, 0.717) is 0 Å². The van der Waals surface area contributed by atoms with Gasteiger partial charge in [0, 0.05) is 0 Å². The van der Waals surface area contributed by atoms with Crippen LogP contribution in [0.25, 0.3) is 22.3 Å². The molecule has 0 unspecified atom stereocenters.